The number of nitrogens with one attached hydrogen (secondary N) is 1. The summed E-state index contributed by atoms with van der Waals surface area (Å²) < 4.78 is 10.0. The molecule has 1 N–H and O–H groups in total. The second kappa shape index (κ2) is 6.27. The minimum Gasteiger partial charge on any atom is -0.461 e. The Balaban J connectivity index is 2.64. The summed E-state index contributed by atoms with van der Waals surface area (Å²) in [7, 11) is 0. The average Bonchev–Trinajstić information content (AvgIpc) is 2.74. The highest BCUT2D eigenvalue weighted by molar-refractivity contribution is 5.87. The zero-order valence-corrected chi connectivity index (χ0v) is 10.8. The summed E-state index contributed by atoms with van der Waals surface area (Å²) in [6.07, 6.45) is 2.28. The Labute approximate surface area is 102 Å². The van der Waals surface area contributed by atoms with Crippen molar-refractivity contribution < 1.29 is 13.9 Å². The molecule has 5 nitrogen and oxygen atoms in total. The third-order valence-corrected chi connectivity index (χ3v) is 2.54. The van der Waals surface area contributed by atoms with Crippen molar-refractivity contribution in [1.82, 2.24) is 4.98 Å². The lowest BCUT2D eigenvalue weighted by molar-refractivity contribution is 0.0519. The fourth-order valence-corrected chi connectivity index (χ4v) is 1.54. The number of hydrogen-bond donors (Lipinski definition) is 1. The van der Waals surface area contributed by atoms with Gasteiger partial charge in [-0.1, -0.05) is 20.8 Å². The summed E-state index contributed by atoms with van der Waals surface area (Å²) in [4.78, 5) is 15.4. The number of hydrogen-bond acceptors (Lipinski definition) is 5. The van der Waals surface area contributed by atoms with Gasteiger partial charge in [0.05, 0.1) is 6.61 Å². The first-order valence-electron chi connectivity index (χ1n) is 5.97. The Morgan fingerprint density at radius 2 is 2.24 bits per heavy atom. The van der Waals surface area contributed by atoms with Crippen LogP contribution in [0.3, 0.4) is 0 Å². The molecule has 0 aliphatic heterocycles. The van der Waals surface area contributed by atoms with Gasteiger partial charge in [0.1, 0.15) is 6.26 Å². The van der Waals surface area contributed by atoms with E-state index in [1.165, 1.54) is 6.26 Å². The summed E-state index contributed by atoms with van der Waals surface area (Å²) in [6, 6.07) is 0.650. The molecule has 0 radical (unpaired) electrons. The Bertz CT molecular complexity index is 360. The van der Waals surface area contributed by atoms with Crippen LogP contribution in [0.2, 0.25) is 0 Å². The highest BCUT2D eigenvalue weighted by atomic mass is 16.5. The van der Waals surface area contributed by atoms with E-state index in [-0.39, 0.29) is 11.7 Å². The lowest BCUT2D eigenvalue weighted by Gasteiger charge is -2.18. The summed E-state index contributed by atoms with van der Waals surface area (Å²) in [5, 5.41) is 3.16. The number of aromatic nitrogens is 1. The minimum absolute atomic E-state index is 0.202. The normalized spacial score (nSPS) is 12.5. The maximum Gasteiger partial charge on any atom is 0.360 e. The maximum absolute atomic E-state index is 11.4. The first-order valence-corrected chi connectivity index (χ1v) is 5.97. The summed E-state index contributed by atoms with van der Waals surface area (Å²) >= 11 is 0. The number of anilines is 1. The molecule has 0 spiro atoms. The summed E-state index contributed by atoms with van der Waals surface area (Å²) in [6.45, 7) is 8.42. The second-order valence-corrected chi connectivity index (χ2v) is 4.16. The molecule has 5 heteroatoms. The molecule has 0 amide bonds. The molecule has 1 unspecified atom stereocenters. The van der Waals surface area contributed by atoms with Crippen molar-refractivity contribution in [3.63, 3.8) is 0 Å². The predicted octanol–water partition coefficient (Wildman–Crippen LogP) is 2.70. The quantitative estimate of drug-likeness (QED) is 0.774. The zero-order chi connectivity index (χ0) is 12.8. The van der Waals surface area contributed by atoms with Crippen LogP contribution in [0.25, 0.3) is 0 Å². The van der Waals surface area contributed by atoms with Gasteiger partial charge in [0.25, 0.3) is 6.01 Å². The SMILES string of the molecule is CCOC(=O)c1coc(NC(CC)C(C)C)n1. The van der Waals surface area contributed by atoms with Gasteiger partial charge in [0.2, 0.25) is 0 Å². The van der Waals surface area contributed by atoms with Crippen LogP contribution in [0, 0.1) is 5.92 Å². The third-order valence-electron chi connectivity index (χ3n) is 2.54. The lowest BCUT2D eigenvalue weighted by Crippen LogP contribution is -2.24. The van der Waals surface area contributed by atoms with Crippen molar-refractivity contribution >= 4 is 12.0 Å². The molecule has 96 valence electrons. The van der Waals surface area contributed by atoms with Crippen LogP contribution in [-0.2, 0) is 4.74 Å². The van der Waals surface area contributed by atoms with Crippen molar-refractivity contribution in [2.75, 3.05) is 11.9 Å². The van der Waals surface area contributed by atoms with Gasteiger partial charge in [0, 0.05) is 6.04 Å². The van der Waals surface area contributed by atoms with Crippen LogP contribution in [0.15, 0.2) is 10.7 Å². The third kappa shape index (κ3) is 3.76. The van der Waals surface area contributed by atoms with E-state index < -0.39 is 5.97 Å². The molecule has 1 heterocycles. The Morgan fingerprint density at radius 1 is 1.53 bits per heavy atom. The molecule has 1 atom stereocenters. The van der Waals surface area contributed by atoms with Gasteiger partial charge in [-0.05, 0) is 19.3 Å². The van der Waals surface area contributed by atoms with Gasteiger partial charge in [-0.25, -0.2) is 4.79 Å². The predicted molar refractivity (Wildman–Crippen MR) is 65.0 cm³/mol. The Morgan fingerprint density at radius 3 is 2.76 bits per heavy atom. The van der Waals surface area contributed by atoms with Gasteiger partial charge >= 0.3 is 5.97 Å². The average molecular weight is 240 g/mol. The fourth-order valence-electron chi connectivity index (χ4n) is 1.54. The molecule has 0 bridgehead atoms. The largest absolute Gasteiger partial charge is 0.461 e. The second-order valence-electron chi connectivity index (χ2n) is 4.16. The van der Waals surface area contributed by atoms with Crippen molar-refractivity contribution in [3.05, 3.63) is 12.0 Å². The summed E-state index contributed by atoms with van der Waals surface area (Å²) in [5.41, 5.74) is 0.202. The van der Waals surface area contributed by atoms with E-state index in [4.69, 9.17) is 9.15 Å². The van der Waals surface area contributed by atoms with E-state index in [0.717, 1.165) is 6.42 Å². The van der Waals surface area contributed by atoms with E-state index in [0.29, 0.717) is 18.5 Å². The monoisotopic (exact) mass is 240 g/mol. The molecule has 1 rings (SSSR count). The minimum atomic E-state index is -0.457. The first kappa shape index (κ1) is 13.5. The number of carbonyl (C=O) groups excluding carboxylic acids is 1. The van der Waals surface area contributed by atoms with Crippen LogP contribution in [0.1, 0.15) is 44.6 Å². The van der Waals surface area contributed by atoms with Gasteiger partial charge in [-0.3, -0.25) is 0 Å². The van der Waals surface area contributed by atoms with E-state index in [1.807, 2.05) is 0 Å². The van der Waals surface area contributed by atoms with Crippen molar-refractivity contribution in [2.24, 2.45) is 5.92 Å². The fraction of sp³-hybridized carbons (Fsp3) is 0.667. The molecule has 17 heavy (non-hydrogen) atoms. The van der Waals surface area contributed by atoms with Crippen LogP contribution in [0.5, 0.6) is 0 Å². The molecule has 1 aromatic heterocycles. The van der Waals surface area contributed by atoms with Crippen molar-refractivity contribution in [2.45, 2.75) is 40.2 Å². The number of carbonyl (C=O) groups is 1. The van der Waals surface area contributed by atoms with Gasteiger partial charge in [-0.2, -0.15) is 4.98 Å². The summed E-state index contributed by atoms with van der Waals surface area (Å²) in [5.74, 6) is 0.0137. The maximum atomic E-state index is 11.4. The molecular formula is C12H20N2O3. The molecule has 1 aromatic rings. The number of esters is 1. The van der Waals surface area contributed by atoms with Gasteiger partial charge in [0.15, 0.2) is 5.69 Å². The van der Waals surface area contributed by atoms with Crippen LogP contribution >= 0.6 is 0 Å². The topological polar surface area (TPSA) is 64.4 Å². The first-order chi connectivity index (χ1) is 8.08. The number of nitrogens with zero attached hydrogens (tertiary/aromatic N) is 1. The zero-order valence-electron chi connectivity index (χ0n) is 10.8. The standard InChI is InChI=1S/C12H20N2O3/c1-5-9(8(3)4)13-12-14-10(7-17-12)11(15)16-6-2/h7-9H,5-6H2,1-4H3,(H,13,14). The van der Waals surface area contributed by atoms with E-state index in [2.05, 4.69) is 31.1 Å². The van der Waals surface area contributed by atoms with Gasteiger partial charge < -0.3 is 14.5 Å². The van der Waals surface area contributed by atoms with Crippen LogP contribution in [-0.4, -0.2) is 23.6 Å². The van der Waals surface area contributed by atoms with Crippen molar-refractivity contribution in [3.8, 4) is 0 Å². The Kier molecular flexibility index (Phi) is 5.00. The number of rotatable bonds is 6. The van der Waals surface area contributed by atoms with E-state index in [1.54, 1.807) is 6.92 Å². The highest BCUT2D eigenvalue weighted by Gasteiger charge is 2.16. The molecule has 0 saturated carbocycles. The smallest absolute Gasteiger partial charge is 0.360 e. The number of ether oxygens (including phenoxy) is 1. The van der Waals surface area contributed by atoms with Crippen molar-refractivity contribution in [1.29, 1.82) is 0 Å². The highest BCUT2D eigenvalue weighted by Crippen LogP contribution is 2.15. The van der Waals surface area contributed by atoms with E-state index in [9.17, 15) is 4.79 Å². The lowest BCUT2D eigenvalue weighted by atomic mass is 10.0. The molecule has 0 aromatic carbocycles. The number of oxazole rings is 1. The van der Waals surface area contributed by atoms with E-state index >= 15 is 0 Å². The Hall–Kier alpha value is -1.52. The van der Waals surface area contributed by atoms with Crippen LogP contribution < -0.4 is 5.32 Å². The molecular weight excluding hydrogens is 220 g/mol. The molecule has 0 aliphatic carbocycles. The molecule has 0 aliphatic rings. The molecule has 0 saturated heterocycles. The van der Waals surface area contributed by atoms with Crippen LogP contribution in [0.4, 0.5) is 6.01 Å². The van der Waals surface area contributed by atoms with Gasteiger partial charge in [-0.15, -0.1) is 0 Å². The molecule has 0 fully saturated rings.